The summed E-state index contributed by atoms with van der Waals surface area (Å²) < 4.78 is 1.12. The van der Waals surface area contributed by atoms with Crippen LogP contribution in [0, 0.1) is 6.92 Å². The van der Waals surface area contributed by atoms with E-state index in [1.807, 2.05) is 11.3 Å². The van der Waals surface area contributed by atoms with Gasteiger partial charge in [-0.15, -0.1) is 23.1 Å². The van der Waals surface area contributed by atoms with Crippen LogP contribution in [0.2, 0.25) is 0 Å². The topological polar surface area (TPSA) is 12.9 Å². The van der Waals surface area contributed by atoms with Crippen molar-refractivity contribution in [2.24, 2.45) is 0 Å². The monoisotopic (exact) mass is 399 g/mol. The van der Waals surface area contributed by atoms with E-state index in [2.05, 4.69) is 77.6 Å². The summed E-state index contributed by atoms with van der Waals surface area (Å²) in [6.45, 7) is 4.49. The molecule has 1 nitrogen and oxygen atoms in total. The number of hydrogen-bond donors (Lipinski definition) is 0. The number of nitrogens with zero attached hydrogens (tertiary/aromatic N) is 1. The lowest BCUT2D eigenvalue weighted by molar-refractivity contribution is 0.789. The average Bonchev–Trinajstić information content (AvgIpc) is 2.90. The van der Waals surface area contributed by atoms with Crippen LogP contribution < -0.4 is 0 Å². The Morgan fingerprint density at radius 1 is 1.19 bits per heavy atom. The maximum Gasteiger partial charge on any atom is 0.108 e. The minimum absolute atomic E-state index is 0.571. The van der Waals surface area contributed by atoms with E-state index < -0.39 is 0 Å². The first-order valence-corrected chi connectivity index (χ1v) is 10.9. The van der Waals surface area contributed by atoms with Gasteiger partial charge in [0.15, 0.2) is 0 Å². The first kappa shape index (κ1) is 15.9. The van der Waals surface area contributed by atoms with Crippen molar-refractivity contribution in [3.8, 4) is 11.3 Å². The van der Waals surface area contributed by atoms with E-state index in [0.717, 1.165) is 10.2 Å². The summed E-state index contributed by atoms with van der Waals surface area (Å²) in [6.07, 6.45) is 1.23. The van der Waals surface area contributed by atoms with E-state index in [-0.39, 0.29) is 0 Å². The number of aryl methyl sites for hydroxylation is 1. The third-order valence-corrected chi connectivity index (χ3v) is 8.61. The second-order valence-electron chi connectivity index (χ2n) is 5.07. The first-order chi connectivity index (χ1) is 10.2. The predicted molar refractivity (Wildman–Crippen MR) is 102 cm³/mol. The summed E-state index contributed by atoms with van der Waals surface area (Å²) in [7, 11) is 0. The molecular formula is C16H18BrNS3. The fourth-order valence-corrected chi connectivity index (χ4v) is 7.18. The Bertz CT molecular complexity index is 608. The molecule has 1 fully saturated rings. The Labute approximate surface area is 147 Å². The third-order valence-electron chi connectivity index (χ3n) is 3.63. The molecule has 1 aliphatic heterocycles. The van der Waals surface area contributed by atoms with Crippen molar-refractivity contribution in [2.75, 3.05) is 11.5 Å². The van der Waals surface area contributed by atoms with Crippen LogP contribution in [-0.4, -0.2) is 21.7 Å². The van der Waals surface area contributed by atoms with Crippen LogP contribution in [0.15, 0.2) is 28.7 Å². The van der Waals surface area contributed by atoms with Crippen molar-refractivity contribution in [3.63, 3.8) is 0 Å². The van der Waals surface area contributed by atoms with Crippen molar-refractivity contribution in [1.82, 2.24) is 4.98 Å². The third kappa shape index (κ3) is 3.52. The fourth-order valence-electron chi connectivity index (χ4n) is 2.55. The molecule has 2 atom stereocenters. The summed E-state index contributed by atoms with van der Waals surface area (Å²) in [5.41, 5.74) is 2.38. The van der Waals surface area contributed by atoms with Crippen LogP contribution in [0.3, 0.4) is 0 Å². The molecule has 0 bridgehead atoms. The van der Waals surface area contributed by atoms with Gasteiger partial charge in [0.05, 0.1) is 10.9 Å². The maximum atomic E-state index is 5.00. The molecule has 1 saturated heterocycles. The lowest BCUT2D eigenvalue weighted by Gasteiger charge is -2.28. The Kier molecular flexibility index (Phi) is 5.36. The van der Waals surface area contributed by atoms with E-state index in [1.54, 1.807) is 0 Å². The molecule has 0 amide bonds. The molecule has 1 aliphatic rings. The molecule has 3 rings (SSSR count). The average molecular weight is 400 g/mol. The summed E-state index contributed by atoms with van der Waals surface area (Å²) >= 11 is 9.59. The van der Waals surface area contributed by atoms with Crippen molar-refractivity contribution in [2.45, 2.75) is 30.8 Å². The molecule has 1 aromatic heterocycles. The van der Waals surface area contributed by atoms with E-state index in [1.165, 1.54) is 33.4 Å². The highest BCUT2D eigenvalue weighted by molar-refractivity contribution is 9.10. The number of aromatic nitrogens is 1. The van der Waals surface area contributed by atoms with E-state index >= 15 is 0 Å². The number of benzene rings is 1. The van der Waals surface area contributed by atoms with Crippen LogP contribution in [0.5, 0.6) is 0 Å². The Morgan fingerprint density at radius 3 is 2.62 bits per heavy atom. The zero-order valence-electron chi connectivity index (χ0n) is 12.1. The largest absolute Gasteiger partial charge is 0.240 e. The number of halogens is 1. The molecule has 21 heavy (non-hydrogen) atoms. The summed E-state index contributed by atoms with van der Waals surface area (Å²) in [5.74, 6) is 2.53. The van der Waals surface area contributed by atoms with Crippen molar-refractivity contribution >= 4 is 50.8 Å². The zero-order chi connectivity index (χ0) is 14.8. The maximum absolute atomic E-state index is 5.00. The normalized spacial score (nSPS) is 22.4. The molecule has 1 aromatic carbocycles. The van der Waals surface area contributed by atoms with Gasteiger partial charge in [0.2, 0.25) is 0 Å². The Hall–Kier alpha value is 0.0300. The zero-order valence-corrected chi connectivity index (χ0v) is 16.2. The molecular weight excluding hydrogens is 382 g/mol. The van der Waals surface area contributed by atoms with E-state index in [9.17, 15) is 0 Å². The van der Waals surface area contributed by atoms with Crippen molar-refractivity contribution in [1.29, 1.82) is 0 Å². The Balaban J connectivity index is 1.91. The summed E-state index contributed by atoms with van der Waals surface area (Å²) in [4.78, 5) is 6.33. The van der Waals surface area contributed by atoms with Gasteiger partial charge in [-0.25, -0.2) is 4.98 Å². The van der Waals surface area contributed by atoms with Crippen LogP contribution in [0.25, 0.3) is 11.3 Å². The molecule has 0 spiro atoms. The Morgan fingerprint density at radius 2 is 1.90 bits per heavy atom. The number of thiazole rings is 1. The van der Waals surface area contributed by atoms with Crippen LogP contribution in [0.4, 0.5) is 0 Å². The van der Waals surface area contributed by atoms with Crippen LogP contribution in [0.1, 0.15) is 28.5 Å². The molecule has 0 N–H and O–H groups in total. The van der Waals surface area contributed by atoms with Crippen molar-refractivity contribution < 1.29 is 0 Å². The summed E-state index contributed by atoms with van der Waals surface area (Å²) in [5, 5.41) is 2.60. The van der Waals surface area contributed by atoms with Crippen LogP contribution >= 0.6 is 50.8 Å². The standard InChI is InChI=1S/C16H18BrNS3/c1-3-13-15(20-9-8-19-13)16-18-14(10(2)21-16)11-4-6-12(17)7-5-11/h4-7,13,15H,3,8-9H2,1-2H3. The highest BCUT2D eigenvalue weighted by Crippen LogP contribution is 2.46. The summed E-state index contributed by atoms with van der Waals surface area (Å²) in [6, 6.07) is 8.48. The molecule has 0 aliphatic carbocycles. The van der Waals surface area contributed by atoms with Gasteiger partial charge < -0.3 is 0 Å². The lowest BCUT2D eigenvalue weighted by Crippen LogP contribution is -2.18. The van der Waals surface area contributed by atoms with Gasteiger partial charge in [-0.05, 0) is 25.5 Å². The van der Waals surface area contributed by atoms with Gasteiger partial charge in [0, 0.05) is 31.7 Å². The van der Waals surface area contributed by atoms with Gasteiger partial charge >= 0.3 is 0 Å². The molecule has 0 saturated carbocycles. The van der Waals surface area contributed by atoms with Gasteiger partial charge in [-0.1, -0.05) is 35.0 Å². The van der Waals surface area contributed by atoms with Crippen LogP contribution in [-0.2, 0) is 0 Å². The first-order valence-electron chi connectivity index (χ1n) is 7.15. The van der Waals surface area contributed by atoms with Gasteiger partial charge in [0.1, 0.15) is 5.01 Å². The smallest absolute Gasteiger partial charge is 0.108 e. The lowest BCUT2D eigenvalue weighted by atomic mass is 10.1. The predicted octanol–water partition coefficient (Wildman–Crippen LogP) is 6.18. The number of hydrogen-bond acceptors (Lipinski definition) is 4. The number of rotatable bonds is 3. The molecule has 2 heterocycles. The molecule has 2 unspecified atom stereocenters. The highest BCUT2D eigenvalue weighted by atomic mass is 79.9. The van der Waals surface area contributed by atoms with E-state index in [0.29, 0.717) is 10.5 Å². The molecule has 5 heteroatoms. The van der Waals surface area contributed by atoms with E-state index in [4.69, 9.17) is 4.98 Å². The second kappa shape index (κ2) is 7.07. The minimum Gasteiger partial charge on any atom is -0.240 e. The minimum atomic E-state index is 0.571. The number of thioether (sulfide) groups is 2. The molecule has 2 aromatic rings. The van der Waals surface area contributed by atoms with Gasteiger partial charge in [0.25, 0.3) is 0 Å². The highest BCUT2D eigenvalue weighted by Gasteiger charge is 2.29. The molecule has 112 valence electrons. The fraction of sp³-hybridized carbons (Fsp3) is 0.438. The quantitative estimate of drug-likeness (QED) is 0.611. The van der Waals surface area contributed by atoms with Crippen molar-refractivity contribution in [3.05, 3.63) is 38.6 Å². The van der Waals surface area contributed by atoms with Gasteiger partial charge in [-0.3, -0.25) is 0 Å². The van der Waals surface area contributed by atoms with Gasteiger partial charge in [-0.2, -0.15) is 11.8 Å². The molecule has 0 radical (unpaired) electrons. The second-order valence-corrected chi connectivity index (χ2v) is 9.82. The SMILES string of the molecule is CCC1SCCSC1c1nc(-c2ccc(Br)cc2)c(C)s1.